The van der Waals surface area contributed by atoms with Gasteiger partial charge in [0.1, 0.15) is 52.0 Å². The zero-order valence-electron chi connectivity index (χ0n) is 52.2. The molecule has 3 fully saturated rings. The third-order valence-corrected chi connectivity index (χ3v) is 17.7. The van der Waals surface area contributed by atoms with Crippen LogP contribution in [0.15, 0.2) is 66.7 Å². The quantitative estimate of drug-likeness (QED) is 0.00696. The fourth-order valence-electron chi connectivity index (χ4n) is 10.8. The molecule has 1 aromatic heterocycles. The van der Waals surface area contributed by atoms with E-state index in [2.05, 4.69) is 46.2 Å². The van der Waals surface area contributed by atoms with Gasteiger partial charge in [-0.2, -0.15) is 13.1 Å². The van der Waals surface area contributed by atoms with E-state index in [1.807, 2.05) is 24.3 Å². The van der Waals surface area contributed by atoms with E-state index in [0.29, 0.717) is 27.9 Å². The van der Waals surface area contributed by atoms with Crippen molar-refractivity contribution in [3.05, 3.63) is 77.9 Å². The first-order valence-electron chi connectivity index (χ1n) is 30.0. The Labute approximate surface area is 576 Å². The molecule has 0 unspecified atom stereocenters. The normalized spacial score (nSPS) is 24.3. The van der Waals surface area contributed by atoms with Gasteiger partial charge in [-0.05, 0) is 80.3 Å². The van der Waals surface area contributed by atoms with Crippen LogP contribution in [0.25, 0.3) is 21.1 Å². The largest absolute Gasteiger partial charge is 1.00 e. The molecule has 0 radical (unpaired) electrons. The summed E-state index contributed by atoms with van der Waals surface area (Å²) >= 11 is 1.25. The minimum atomic E-state index is -4.91. The van der Waals surface area contributed by atoms with E-state index in [9.17, 15) is 87.5 Å². The Balaban J connectivity index is 0.0000143. The van der Waals surface area contributed by atoms with Gasteiger partial charge in [-0.1, -0.05) is 55.7 Å². The first kappa shape index (κ1) is 77.7. The van der Waals surface area contributed by atoms with Gasteiger partial charge in [0.05, 0.1) is 43.2 Å². The Bertz CT molecular complexity index is 3340. The maximum atomic E-state index is 14.8. The SMILES string of the molecule is COCCCCCCCOc1ccc(-c2nnc(-c3ccc(C(=O)N[C@H]4C[C@H](O)CNC(=O)[C@@H]5[C@@H](O)[C@H](C)CN5C(=O)[C@H]([C@H](O)CCNS(=O)(=O)O)NC(=O)[C@H]([C@H](O)Cc5ccc(O)c(OSOO[O-])c5)NC(=O)[C@@H]5C[C@H](O)CN5C(=O)[C@H]([C@H](C)O)NC4=O)cc3)s2)cc1.[Na+]. The molecule has 7 amide bonds. The number of amides is 7. The number of hydrogen-bond donors (Lipinski definition) is 14. The standard InChI is InChI=1S/C58H78N10O23S3.Na/c1-30-28-68-48(49(30)75)54(80)59-27-36(70)25-39(61-50(76)33-10-12-34(13-11-33)55-65-66-56(92-55)35-14-16-38(17-15-35)88-22-8-6-4-5-7-21-87-3)51(77)62-45(31(2)69)57(81)67-29-37(71)26-40(67)52(78)63-46(43(74)23-32-9-18-41(72)44(24-32)89-93-91-90-83)53(79)64-47(58(68)82)42(73)19-20-60-94(84,85)86;/h9-18,24,30-31,36-37,39-40,42-43,45-49,60,69-75,83H,4-8,19-23,25-29H2,1-3H3,(H,59,80)(H,61,76)(H,62,77)(H,63,78)(H,64,79)(H,84,85,86);/q;+1/p-1/t30-,31+,36+,37+,39+,40+,42-,43-,45+,46+,47+,48+,49+;/m1./s1. The number of methoxy groups -OCH3 is 1. The number of carbonyl (C=O) groups excluding carboxylic acids is 7. The van der Waals surface area contributed by atoms with Gasteiger partial charge in [0.25, 0.3) is 18.2 Å². The number of rotatable bonds is 26. The summed E-state index contributed by atoms with van der Waals surface area (Å²) in [7, 11) is -3.22. The molecule has 0 spiro atoms. The first-order chi connectivity index (χ1) is 44.8. The van der Waals surface area contributed by atoms with Crippen LogP contribution in [0, 0.1) is 5.92 Å². The van der Waals surface area contributed by atoms with Crippen LogP contribution in [0.3, 0.4) is 0 Å². The molecule has 0 bridgehead atoms. The van der Waals surface area contributed by atoms with E-state index >= 15 is 0 Å². The number of carbonyl (C=O) groups is 7. The van der Waals surface area contributed by atoms with Crippen molar-refractivity contribution in [3.63, 3.8) is 0 Å². The Hall–Kier alpha value is -6.27. The van der Waals surface area contributed by atoms with Crippen molar-refractivity contribution in [1.82, 2.24) is 51.3 Å². The van der Waals surface area contributed by atoms with Crippen LogP contribution in [-0.4, -0.2) is 229 Å². The fraction of sp³-hybridized carbons (Fsp3) is 0.534. The Morgan fingerprint density at radius 3 is 2.04 bits per heavy atom. The number of aromatic nitrogens is 2. The summed E-state index contributed by atoms with van der Waals surface area (Å²) in [5.41, 5.74) is 1.37. The molecule has 7 rings (SSSR count). The molecule has 3 aliphatic rings. The van der Waals surface area contributed by atoms with Gasteiger partial charge in [0.15, 0.2) is 11.5 Å². The summed E-state index contributed by atoms with van der Waals surface area (Å²) in [5, 5.41) is 114. The molecule has 3 aliphatic heterocycles. The van der Waals surface area contributed by atoms with Crippen LogP contribution < -0.4 is 75.0 Å². The Morgan fingerprint density at radius 2 is 1.40 bits per heavy atom. The summed E-state index contributed by atoms with van der Waals surface area (Å²) in [6, 6.07) is 4.91. The second kappa shape index (κ2) is 36.9. The van der Waals surface area contributed by atoms with E-state index in [-0.39, 0.29) is 58.8 Å². The Morgan fingerprint density at radius 1 is 0.779 bits per heavy atom. The predicted molar refractivity (Wildman–Crippen MR) is 329 cm³/mol. The summed E-state index contributed by atoms with van der Waals surface area (Å²) in [4.78, 5) is 103. The molecule has 3 saturated heterocycles. The average molecular weight is 1400 g/mol. The number of nitrogens with zero attached hydrogens (tertiary/aromatic N) is 4. The minimum absolute atomic E-state index is 0. The zero-order valence-corrected chi connectivity index (χ0v) is 56.6. The predicted octanol–water partition coefficient (Wildman–Crippen LogP) is -5.55. The maximum absolute atomic E-state index is 14.8. The topological polar surface area (TPSA) is 489 Å². The van der Waals surface area contributed by atoms with E-state index in [1.54, 1.807) is 24.0 Å². The van der Waals surface area contributed by atoms with Crippen LogP contribution in [0.2, 0.25) is 0 Å². The van der Waals surface area contributed by atoms with Crippen molar-refractivity contribution in [2.24, 2.45) is 5.92 Å². The van der Waals surface area contributed by atoms with E-state index < -0.39 is 188 Å². The number of unbranched alkanes of at least 4 members (excludes halogenated alkanes) is 4. The molecule has 13 atom stereocenters. The van der Waals surface area contributed by atoms with Gasteiger partial charge in [-0.25, -0.2) is 0 Å². The fourth-order valence-corrected chi connectivity index (χ4v) is 12.3. The van der Waals surface area contributed by atoms with Gasteiger partial charge in [0.2, 0.25) is 35.4 Å². The number of aromatic hydroxyl groups is 1. The van der Waals surface area contributed by atoms with Gasteiger partial charge >= 0.3 is 39.9 Å². The van der Waals surface area contributed by atoms with Crippen LogP contribution in [0.4, 0.5) is 0 Å². The number of β-amino-alcohol motifs (C(OH)–C–C–N with tert-alkyl or cyclic N) is 1. The Kier molecular flexibility index (Phi) is 30.2. The summed E-state index contributed by atoms with van der Waals surface area (Å²) in [6.07, 6.45) is -8.47. The van der Waals surface area contributed by atoms with Crippen molar-refractivity contribution in [1.29, 1.82) is 0 Å². The third kappa shape index (κ3) is 22.1. The van der Waals surface area contributed by atoms with E-state index in [0.717, 1.165) is 73.1 Å². The molecular formula is C58H77N10NaO23S3. The summed E-state index contributed by atoms with van der Waals surface area (Å²) in [5.74, 6) is -9.55. The average Bonchev–Trinajstić information content (AvgIpc) is 1.70. The number of aliphatic hydroxyl groups is 6. The monoisotopic (exact) mass is 1400 g/mol. The third-order valence-electron chi connectivity index (χ3n) is 15.8. The first-order valence-corrected chi connectivity index (χ1v) is 32.9. The zero-order chi connectivity index (χ0) is 68.4. The van der Waals surface area contributed by atoms with Crippen LogP contribution in [0.1, 0.15) is 81.1 Å². The molecule has 516 valence electrons. The number of benzene rings is 3. The number of fused-ring (bicyclic) bond motifs is 2. The second-order valence-electron chi connectivity index (χ2n) is 22.9. The van der Waals surface area contributed by atoms with Gasteiger partial charge < -0.3 is 91.0 Å². The molecule has 95 heavy (non-hydrogen) atoms. The maximum Gasteiger partial charge on any atom is 1.00 e. The minimum Gasteiger partial charge on any atom is -0.691 e. The van der Waals surface area contributed by atoms with Crippen LogP contribution in [0.5, 0.6) is 17.2 Å². The van der Waals surface area contributed by atoms with Crippen molar-refractivity contribution < 1.29 is 140 Å². The number of ether oxygens (including phenoxy) is 2. The number of aliphatic hydroxyl groups excluding tert-OH is 6. The van der Waals surface area contributed by atoms with E-state index in [1.165, 1.54) is 36.5 Å². The molecule has 4 heterocycles. The number of phenolic OH excluding ortho intramolecular Hbond substituents is 1. The van der Waals surface area contributed by atoms with Crippen molar-refractivity contribution in [2.75, 3.05) is 46.5 Å². The van der Waals surface area contributed by atoms with Crippen LogP contribution in [-0.2, 0) is 59.6 Å². The molecular weight excluding hydrogens is 1320 g/mol. The molecule has 14 N–H and O–H groups in total. The molecule has 3 aromatic carbocycles. The number of hydrogen-bond acceptors (Lipinski definition) is 26. The smallest absolute Gasteiger partial charge is 0.691 e. The van der Waals surface area contributed by atoms with E-state index in [4.69, 9.17) is 13.7 Å². The summed E-state index contributed by atoms with van der Waals surface area (Å²) < 4.78 is 54.5. The van der Waals surface area contributed by atoms with Gasteiger partial charge in [-0.3, -0.25) is 43.2 Å². The second-order valence-corrected chi connectivity index (χ2v) is 25.5. The van der Waals surface area contributed by atoms with Crippen molar-refractivity contribution in [3.8, 4) is 38.4 Å². The van der Waals surface area contributed by atoms with Crippen LogP contribution >= 0.6 is 23.7 Å². The summed E-state index contributed by atoms with van der Waals surface area (Å²) in [6.45, 7) is 1.27. The molecule has 37 heteroatoms. The van der Waals surface area contributed by atoms with Crippen molar-refractivity contribution >= 4 is 75.3 Å². The number of nitrogens with one attached hydrogen (secondary N) is 6. The van der Waals surface area contributed by atoms with Crippen molar-refractivity contribution in [2.45, 2.75) is 145 Å². The molecule has 0 saturated carbocycles. The van der Waals surface area contributed by atoms with Gasteiger partial charge in [-0.15, -0.1) is 14.5 Å². The molecule has 0 aliphatic carbocycles. The number of phenols is 1. The molecule has 4 aromatic rings. The molecule has 33 nitrogen and oxygen atoms in total. The van der Waals surface area contributed by atoms with Gasteiger partial charge in [0, 0.05) is 81.8 Å².